The Morgan fingerprint density at radius 2 is 1.38 bits per heavy atom. The number of nitrogens with zero attached hydrogens (tertiary/aromatic N) is 2. The quantitative estimate of drug-likeness (QED) is 0.242. The maximum Gasteiger partial charge on any atom is 0.416 e. The fraction of sp³-hybridized carbons (Fsp3) is 0.0400. The van der Waals surface area contributed by atoms with E-state index in [0.29, 0.717) is 37.6 Å². The van der Waals surface area contributed by atoms with Crippen molar-refractivity contribution < 1.29 is 13.2 Å². The van der Waals surface area contributed by atoms with Gasteiger partial charge in [-0.2, -0.15) is 13.2 Å². The molecule has 0 unspecified atom stereocenters. The fourth-order valence-electron chi connectivity index (χ4n) is 3.41. The van der Waals surface area contributed by atoms with Gasteiger partial charge in [-0.25, -0.2) is 9.97 Å². The average Bonchev–Trinajstić information content (AvgIpc) is 2.80. The van der Waals surface area contributed by atoms with Crippen LogP contribution in [0.4, 0.5) is 24.7 Å². The molecule has 0 radical (unpaired) electrons. The third-order valence-corrected chi connectivity index (χ3v) is 6.79. The number of nitrogens with one attached hydrogen (secondary N) is 1. The van der Waals surface area contributed by atoms with Crippen molar-refractivity contribution in [2.75, 3.05) is 5.32 Å². The molecule has 0 aliphatic carbocycles. The van der Waals surface area contributed by atoms with Gasteiger partial charge in [0.05, 0.1) is 26.6 Å². The topological polar surface area (TPSA) is 37.8 Å². The number of aromatic nitrogens is 2. The molecule has 34 heavy (non-hydrogen) atoms. The highest BCUT2D eigenvalue weighted by Gasteiger charge is 2.30. The van der Waals surface area contributed by atoms with Gasteiger partial charge in [0, 0.05) is 10.6 Å². The van der Waals surface area contributed by atoms with Crippen molar-refractivity contribution in [3.8, 4) is 0 Å². The Balaban J connectivity index is 1.59. The molecule has 1 N–H and O–H groups in total. The third-order valence-electron chi connectivity index (χ3n) is 5.08. The van der Waals surface area contributed by atoms with Crippen molar-refractivity contribution in [2.45, 2.75) is 16.1 Å². The Bertz CT molecular complexity index is 1520. The van der Waals surface area contributed by atoms with Gasteiger partial charge in [-0.3, -0.25) is 0 Å². The molecule has 0 amide bonds. The molecule has 5 rings (SSSR count). The van der Waals surface area contributed by atoms with E-state index in [0.717, 1.165) is 27.8 Å². The van der Waals surface area contributed by atoms with E-state index in [1.807, 2.05) is 42.5 Å². The van der Waals surface area contributed by atoms with Crippen LogP contribution in [0.15, 0.2) is 88.8 Å². The van der Waals surface area contributed by atoms with E-state index in [9.17, 15) is 13.2 Å². The smallest absolute Gasteiger partial charge is 0.338 e. The van der Waals surface area contributed by atoms with Crippen LogP contribution in [0.1, 0.15) is 5.56 Å². The second kappa shape index (κ2) is 8.98. The number of hydrogen-bond donors (Lipinski definition) is 1. The predicted molar refractivity (Wildman–Crippen MR) is 132 cm³/mol. The van der Waals surface area contributed by atoms with Crippen LogP contribution in [0.3, 0.4) is 0 Å². The first-order chi connectivity index (χ1) is 16.3. The van der Waals surface area contributed by atoms with Crippen LogP contribution in [0.2, 0.25) is 10.0 Å². The van der Waals surface area contributed by atoms with Gasteiger partial charge >= 0.3 is 6.18 Å². The van der Waals surface area contributed by atoms with E-state index in [-0.39, 0.29) is 0 Å². The maximum atomic E-state index is 12.9. The molecule has 0 fully saturated rings. The van der Waals surface area contributed by atoms with Crippen molar-refractivity contribution in [3.05, 3.63) is 94.5 Å². The summed E-state index contributed by atoms with van der Waals surface area (Å²) in [5, 5.41) is 6.54. The van der Waals surface area contributed by atoms with Crippen molar-refractivity contribution >= 4 is 68.3 Å². The van der Waals surface area contributed by atoms with E-state index in [1.165, 1.54) is 23.9 Å². The monoisotopic (exact) mass is 515 g/mol. The minimum Gasteiger partial charge on any atom is -0.338 e. The summed E-state index contributed by atoms with van der Waals surface area (Å²) in [6, 6.07) is 21.8. The molecule has 0 spiro atoms. The van der Waals surface area contributed by atoms with Crippen LogP contribution in [-0.4, -0.2) is 9.97 Å². The van der Waals surface area contributed by atoms with Gasteiger partial charge in [0.15, 0.2) is 5.82 Å². The highest BCUT2D eigenvalue weighted by Crippen LogP contribution is 2.37. The summed E-state index contributed by atoms with van der Waals surface area (Å²) < 4.78 is 38.8. The average molecular weight is 516 g/mol. The van der Waals surface area contributed by atoms with Crippen molar-refractivity contribution in [3.63, 3.8) is 0 Å². The highest BCUT2D eigenvalue weighted by molar-refractivity contribution is 7.99. The minimum atomic E-state index is -4.41. The second-order valence-corrected chi connectivity index (χ2v) is 9.32. The first kappa shape index (κ1) is 22.8. The SMILES string of the molecule is FC(F)(F)c1ccc(Nc2nc3cc4ccccc4cc3nc2Sc2ccc(Cl)c(Cl)c2)cc1. The summed E-state index contributed by atoms with van der Waals surface area (Å²) in [4.78, 5) is 10.4. The van der Waals surface area contributed by atoms with Crippen LogP contribution in [0.5, 0.6) is 0 Å². The maximum absolute atomic E-state index is 12.9. The molecule has 0 aliphatic rings. The van der Waals surface area contributed by atoms with Crippen LogP contribution in [-0.2, 0) is 6.18 Å². The van der Waals surface area contributed by atoms with E-state index in [1.54, 1.807) is 12.1 Å². The molecule has 3 nitrogen and oxygen atoms in total. The zero-order valence-electron chi connectivity index (χ0n) is 17.2. The Morgan fingerprint density at radius 3 is 2.00 bits per heavy atom. The lowest BCUT2D eigenvalue weighted by atomic mass is 10.1. The summed E-state index contributed by atoms with van der Waals surface area (Å²) in [5.74, 6) is 0.415. The largest absolute Gasteiger partial charge is 0.416 e. The molecule has 170 valence electrons. The number of hydrogen-bond acceptors (Lipinski definition) is 4. The summed E-state index contributed by atoms with van der Waals surface area (Å²) in [6.07, 6.45) is -4.41. The molecule has 0 saturated carbocycles. The van der Waals surface area contributed by atoms with Gasteiger partial charge in [-0.15, -0.1) is 0 Å². The molecule has 0 saturated heterocycles. The van der Waals surface area contributed by atoms with Gasteiger partial charge in [0.2, 0.25) is 0 Å². The van der Waals surface area contributed by atoms with Crippen LogP contribution >= 0.6 is 35.0 Å². The second-order valence-electron chi connectivity index (χ2n) is 7.44. The normalized spacial score (nSPS) is 11.8. The van der Waals surface area contributed by atoms with Crippen molar-refractivity contribution in [1.82, 2.24) is 9.97 Å². The summed E-state index contributed by atoms with van der Waals surface area (Å²) in [5.41, 5.74) is 1.09. The van der Waals surface area contributed by atoms with Crippen LogP contribution in [0, 0.1) is 0 Å². The first-order valence-corrected chi connectivity index (χ1v) is 11.6. The zero-order valence-corrected chi connectivity index (χ0v) is 19.5. The lowest BCUT2D eigenvalue weighted by Gasteiger charge is -2.13. The predicted octanol–water partition coefficient (Wildman–Crippen LogP) is 9.00. The van der Waals surface area contributed by atoms with E-state index in [2.05, 4.69) is 5.32 Å². The molecule has 5 aromatic rings. The van der Waals surface area contributed by atoms with Crippen molar-refractivity contribution in [2.24, 2.45) is 0 Å². The van der Waals surface area contributed by atoms with E-state index >= 15 is 0 Å². The lowest BCUT2D eigenvalue weighted by molar-refractivity contribution is -0.137. The first-order valence-electron chi connectivity index (χ1n) is 10.0. The number of alkyl halides is 3. The number of anilines is 2. The van der Waals surface area contributed by atoms with Gasteiger partial charge in [0.1, 0.15) is 5.03 Å². The Labute approximate surface area is 206 Å². The van der Waals surface area contributed by atoms with E-state index < -0.39 is 11.7 Å². The molecular formula is C25H14Cl2F3N3S. The van der Waals surface area contributed by atoms with Crippen molar-refractivity contribution in [1.29, 1.82) is 0 Å². The Kier molecular flexibility index (Phi) is 6.02. The van der Waals surface area contributed by atoms with Crippen LogP contribution < -0.4 is 5.32 Å². The minimum absolute atomic E-state index is 0.406. The number of halogens is 5. The standard InChI is InChI=1S/C25H14Cl2F3N3S/c26-19-10-9-18(13-20(19)27)34-24-23(31-17-7-5-16(6-8-17)25(28,29)30)32-21-11-14-3-1-2-4-15(14)12-22(21)33-24/h1-13H,(H,31,32). The summed E-state index contributed by atoms with van der Waals surface area (Å²) in [6.45, 7) is 0. The molecule has 0 atom stereocenters. The van der Waals surface area contributed by atoms with Gasteiger partial charge < -0.3 is 5.32 Å². The van der Waals surface area contributed by atoms with Gasteiger partial charge in [-0.05, 0) is 65.4 Å². The fourth-order valence-corrected chi connectivity index (χ4v) is 4.65. The van der Waals surface area contributed by atoms with Gasteiger partial charge in [-0.1, -0.05) is 59.2 Å². The number of rotatable bonds is 4. The zero-order chi connectivity index (χ0) is 23.9. The van der Waals surface area contributed by atoms with E-state index in [4.69, 9.17) is 33.2 Å². The number of fused-ring (bicyclic) bond motifs is 2. The molecule has 4 aromatic carbocycles. The summed E-state index contributed by atoms with van der Waals surface area (Å²) >= 11 is 13.5. The molecule has 9 heteroatoms. The molecule has 0 bridgehead atoms. The lowest BCUT2D eigenvalue weighted by Crippen LogP contribution is -2.05. The molecule has 1 heterocycles. The Morgan fingerprint density at radius 1 is 0.735 bits per heavy atom. The van der Waals surface area contributed by atoms with Crippen LogP contribution in [0.25, 0.3) is 21.8 Å². The molecular weight excluding hydrogens is 502 g/mol. The molecule has 1 aromatic heterocycles. The van der Waals surface area contributed by atoms with Gasteiger partial charge in [0.25, 0.3) is 0 Å². The highest BCUT2D eigenvalue weighted by atomic mass is 35.5. The third kappa shape index (κ3) is 4.78. The number of benzene rings is 4. The molecule has 0 aliphatic heterocycles. The summed E-state index contributed by atoms with van der Waals surface area (Å²) in [7, 11) is 0. The Hall–Kier alpha value is -3.00.